The zero-order valence-corrected chi connectivity index (χ0v) is 13.2. The van der Waals surface area contributed by atoms with Gasteiger partial charge in [-0.1, -0.05) is 51.9 Å². The zero-order chi connectivity index (χ0) is 13.1. The molecule has 1 aliphatic rings. The molecule has 0 aromatic carbocycles. The van der Waals surface area contributed by atoms with E-state index < -0.39 is 0 Å². The molecule has 0 spiro atoms. The molecule has 114 valence electrons. The van der Waals surface area contributed by atoms with E-state index >= 15 is 0 Å². The first-order valence-electron chi connectivity index (χ1n) is 7.87. The van der Waals surface area contributed by atoms with Crippen molar-refractivity contribution in [2.75, 3.05) is 26.2 Å². The van der Waals surface area contributed by atoms with Crippen LogP contribution in [0.15, 0.2) is 4.99 Å². The second-order valence-corrected chi connectivity index (χ2v) is 5.38. The zero-order valence-electron chi connectivity index (χ0n) is 12.5. The summed E-state index contributed by atoms with van der Waals surface area (Å²) in [7, 11) is 0. The van der Waals surface area contributed by atoms with Crippen LogP contribution >= 0.6 is 0 Å². The van der Waals surface area contributed by atoms with Gasteiger partial charge < -0.3 is 17.5 Å². The molecule has 1 heterocycles. The highest BCUT2D eigenvalue weighted by molar-refractivity contribution is 5.74. The fourth-order valence-electron chi connectivity index (χ4n) is 2.67. The molecule has 1 atom stereocenters. The largest absolute Gasteiger partial charge is 1.00 e. The van der Waals surface area contributed by atoms with E-state index in [1.807, 2.05) is 0 Å². The summed E-state index contributed by atoms with van der Waals surface area (Å²) in [4.78, 5) is 5.98. The number of nitrogens with zero attached hydrogens (tertiary/aromatic N) is 1. The fraction of sp³-hybridized carbons (Fsp3) is 0.933. The molecule has 0 fully saturated rings. The average molecular weight is 291 g/mol. The minimum Gasteiger partial charge on any atom is -1.00 e. The van der Waals surface area contributed by atoms with E-state index in [1.54, 1.807) is 0 Å². The molecular weight excluding hydrogens is 260 g/mol. The Balaban J connectivity index is 0.00000324. The van der Waals surface area contributed by atoms with Gasteiger partial charge in [-0.2, -0.15) is 0 Å². The van der Waals surface area contributed by atoms with Crippen molar-refractivity contribution in [3.8, 4) is 0 Å². The lowest BCUT2D eigenvalue weighted by Gasteiger charge is -2.12. The van der Waals surface area contributed by atoms with Crippen molar-refractivity contribution in [1.82, 2.24) is 0 Å². The lowest BCUT2D eigenvalue weighted by Crippen LogP contribution is -3.13. The lowest BCUT2D eigenvalue weighted by atomic mass is 10.1. The van der Waals surface area contributed by atoms with Gasteiger partial charge in [0.25, 0.3) is 0 Å². The summed E-state index contributed by atoms with van der Waals surface area (Å²) in [5, 5.41) is 8.98. The molecule has 0 aromatic rings. The molecule has 0 saturated carbocycles. The Hall–Kier alpha value is -0.120. The minimum absolute atomic E-state index is 0. The Kier molecular flexibility index (Phi) is 12.8. The van der Waals surface area contributed by atoms with Gasteiger partial charge in [0.05, 0.1) is 13.2 Å². The van der Waals surface area contributed by atoms with Crippen molar-refractivity contribution in [3.05, 3.63) is 0 Å². The fourth-order valence-corrected chi connectivity index (χ4v) is 2.67. The van der Waals surface area contributed by atoms with Crippen LogP contribution in [0, 0.1) is 0 Å². The number of amidine groups is 1. The lowest BCUT2D eigenvalue weighted by molar-refractivity contribution is -0.800. The molecule has 19 heavy (non-hydrogen) atoms. The van der Waals surface area contributed by atoms with Crippen LogP contribution in [0.4, 0.5) is 0 Å². The summed E-state index contributed by atoms with van der Waals surface area (Å²) in [6, 6.07) is 0. The van der Waals surface area contributed by atoms with Gasteiger partial charge in [-0.3, -0.25) is 4.90 Å². The van der Waals surface area contributed by atoms with Gasteiger partial charge in [-0.25, -0.2) is 4.99 Å². The number of nitrogens with one attached hydrogen (secondary N) is 1. The van der Waals surface area contributed by atoms with Crippen LogP contribution in [0.1, 0.15) is 64.7 Å². The third kappa shape index (κ3) is 8.61. The molecule has 0 aliphatic carbocycles. The van der Waals surface area contributed by atoms with Gasteiger partial charge in [0.15, 0.2) is 5.84 Å². The van der Waals surface area contributed by atoms with Crippen LogP contribution in [0.2, 0.25) is 0 Å². The van der Waals surface area contributed by atoms with Gasteiger partial charge in [0.2, 0.25) is 0 Å². The minimum atomic E-state index is 0. The maximum Gasteiger partial charge on any atom is 0.196 e. The molecule has 0 saturated heterocycles. The van der Waals surface area contributed by atoms with Gasteiger partial charge >= 0.3 is 0 Å². The number of halogens is 1. The molecule has 2 N–H and O–H groups in total. The van der Waals surface area contributed by atoms with Crippen molar-refractivity contribution < 1.29 is 22.4 Å². The number of quaternary nitrogens is 1. The molecule has 0 aromatic heterocycles. The highest BCUT2D eigenvalue weighted by Crippen LogP contribution is 2.09. The Bertz CT molecular complexity index is 234. The van der Waals surface area contributed by atoms with Crippen molar-refractivity contribution in [1.29, 1.82) is 0 Å². The second kappa shape index (κ2) is 12.9. The van der Waals surface area contributed by atoms with Crippen molar-refractivity contribution in [3.63, 3.8) is 0 Å². The van der Waals surface area contributed by atoms with Crippen molar-refractivity contribution in [2.24, 2.45) is 4.99 Å². The molecule has 1 unspecified atom stereocenters. The van der Waals surface area contributed by atoms with E-state index in [1.165, 1.54) is 62.1 Å². The summed E-state index contributed by atoms with van der Waals surface area (Å²) in [5.41, 5.74) is 0. The molecule has 1 aliphatic heterocycles. The van der Waals surface area contributed by atoms with Gasteiger partial charge in [0.1, 0.15) is 13.1 Å². The predicted molar refractivity (Wildman–Crippen MR) is 77.3 cm³/mol. The number of aliphatic hydroxyl groups excluding tert-OH is 1. The first-order chi connectivity index (χ1) is 8.88. The smallest absolute Gasteiger partial charge is 0.196 e. The van der Waals surface area contributed by atoms with Crippen LogP contribution in [0.3, 0.4) is 0 Å². The molecule has 4 heteroatoms. The molecule has 0 bridgehead atoms. The van der Waals surface area contributed by atoms with Crippen molar-refractivity contribution >= 4 is 5.84 Å². The summed E-state index contributed by atoms with van der Waals surface area (Å²) >= 11 is 0. The van der Waals surface area contributed by atoms with Crippen LogP contribution < -0.4 is 17.3 Å². The maximum absolute atomic E-state index is 8.98. The molecular formula is C15H31ClN2O. The van der Waals surface area contributed by atoms with E-state index in [-0.39, 0.29) is 19.0 Å². The molecule has 0 amide bonds. The topological polar surface area (TPSA) is 37.0 Å². The summed E-state index contributed by atoms with van der Waals surface area (Å²) < 4.78 is 0. The Morgan fingerprint density at radius 1 is 1.05 bits per heavy atom. The number of hydrogen-bond donors (Lipinski definition) is 2. The molecule has 3 nitrogen and oxygen atoms in total. The molecule has 0 radical (unpaired) electrons. The number of unbranched alkanes of at least 4 members (excludes halogenated alkanes) is 7. The first-order valence-corrected chi connectivity index (χ1v) is 7.87. The summed E-state index contributed by atoms with van der Waals surface area (Å²) in [5.74, 6) is 1.31. The highest BCUT2D eigenvalue weighted by Gasteiger charge is 2.20. The number of hydrogen-bond acceptors (Lipinski definition) is 2. The predicted octanol–water partition coefficient (Wildman–Crippen LogP) is -1.19. The van der Waals surface area contributed by atoms with E-state index in [4.69, 9.17) is 5.11 Å². The number of aliphatic imine (C=N–C) groups is 1. The third-order valence-corrected chi connectivity index (χ3v) is 3.81. The van der Waals surface area contributed by atoms with Crippen LogP contribution in [-0.4, -0.2) is 37.2 Å². The third-order valence-electron chi connectivity index (χ3n) is 3.81. The maximum atomic E-state index is 8.98. The Morgan fingerprint density at radius 2 is 1.68 bits per heavy atom. The van der Waals surface area contributed by atoms with E-state index in [0.29, 0.717) is 0 Å². The highest BCUT2D eigenvalue weighted by atomic mass is 35.5. The summed E-state index contributed by atoms with van der Waals surface area (Å²) in [6.07, 6.45) is 12.1. The van der Waals surface area contributed by atoms with Crippen molar-refractivity contribution in [2.45, 2.75) is 64.7 Å². The van der Waals surface area contributed by atoms with Gasteiger partial charge in [0, 0.05) is 6.42 Å². The number of rotatable bonds is 11. The quantitative estimate of drug-likeness (QED) is 0.462. The number of aliphatic hydroxyl groups is 1. The van der Waals surface area contributed by atoms with E-state index in [0.717, 1.165) is 26.1 Å². The summed E-state index contributed by atoms with van der Waals surface area (Å²) in [6.45, 7) is 5.44. The van der Waals surface area contributed by atoms with Crippen LogP contribution in [0.5, 0.6) is 0 Å². The SMILES string of the molecule is CCCCCCCCCCC1=NCC[NH+]1CCO.[Cl-]. The first kappa shape index (κ1) is 18.9. The van der Waals surface area contributed by atoms with Crippen LogP contribution in [0.25, 0.3) is 0 Å². The van der Waals surface area contributed by atoms with Gasteiger partial charge in [-0.15, -0.1) is 0 Å². The Labute approximate surface area is 124 Å². The van der Waals surface area contributed by atoms with Gasteiger partial charge in [-0.05, 0) is 6.42 Å². The standard InChI is InChI=1S/C15H30N2O.ClH/c1-2-3-4-5-6-7-8-9-10-15-16-11-12-17(15)13-14-18;/h18H,2-14H2,1H3;1H. The monoisotopic (exact) mass is 290 g/mol. The Morgan fingerprint density at radius 3 is 2.32 bits per heavy atom. The average Bonchev–Trinajstić information content (AvgIpc) is 2.81. The normalized spacial score (nSPS) is 18.2. The van der Waals surface area contributed by atoms with Crippen LogP contribution in [-0.2, 0) is 0 Å². The molecule has 1 rings (SSSR count). The van der Waals surface area contributed by atoms with E-state index in [9.17, 15) is 0 Å². The van der Waals surface area contributed by atoms with E-state index in [2.05, 4.69) is 11.9 Å². The second-order valence-electron chi connectivity index (χ2n) is 5.38.